The van der Waals surface area contributed by atoms with Gasteiger partial charge in [0.1, 0.15) is 0 Å². The molecule has 2 amide bonds. The van der Waals surface area contributed by atoms with Crippen molar-refractivity contribution in [1.29, 1.82) is 5.26 Å². The summed E-state index contributed by atoms with van der Waals surface area (Å²) in [5, 5.41) is 14.9. The molecule has 0 radical (unpaired) electrons. The van der Waals surface area contributed by atoms with E-state index < -0.39 is 0 Å². The Morgan fingerprint density at radius 3 is 2.33 bits per heavy atom. The van der Waals surface area contributed by atoms with Gasteiger partial charge >= 0.3 is 0 Å². The molecule has 1 aliphatic rings. The van der Waals surface area contributed by atoms with Gasteiger partial charge in [-0.05, 0) is 49.2 Å². The summed E-state index contributed by atoms with van der Waals surface area (Å²) < 4.78 is 0. The molecular weight excluding hydrogens is 394 g/mol. The van der Waals surface area contributed by atoms with Crippen LogP contribution in [0.15, 0.2) is 53.4 Å². The van der Waals surface area contributed by atoms with Gasteiger partial charge in [0, 0.05) is 16.6 Å². The molecule has 30 heavy (non-hydrogen) atoms. The molecule has 0 unspecified atom stereocenters. The van der Waals surface area contributed by atoms with Crippen molar-refractivity contribution >= 4 is 29.3 Å². The molecule has 0 aliphatic heterocycles. The van der Waals surface area contributed by atoms with Crippen LogP contribution in [0.4, 0.5) is 5.69 Å². The van der Waals surface area contributed by atoms with Crippen LogP contribution in [-0.2, 0) is 4.79 Å². The smallest absolute Gasteiger partial charge is 0.256 e. The Bertz CT molecular complexity index is 897. The number of carbonyl (C=O) groups excluding carboxylic acids is 2. The van der Waals surface area contributed by atoms with E-state index in [0.29, 0.717) is 16.8 Å². The standard InChI is InChI=1S/C24H27N3O2S/c25-16-18-12-14-20(15-13-18)27-24(29)21-10-6-7-11-22(21)30-17-23(28)26-19-8-4-2-1-3-5-9-19/h6-7,10-15,19H,1-5,8-9,17H2,(H,26,28)(H,27,29). The fourth-order valence-corrected chi connectivity index (χ4v) is 4.48. The van der Waals surface area contributed by atoms with E-state index in [1.54, 1.807) is 30.3 Å². The summed E-state index contributed by atoms with van der Waals surface area (Å²) in [6, 6.07) is 16.4. The van der Waals surface area contributed by atoms with Crippen LogP contribution < -0.4 is 10.6 Å². The second-order valence-corrected chi connectivity index (χ2v) is 8.55. The first-order chi connectivity index (χ1) is 14.7. The lowest BCUT2D eigenvalue weighted by atomic mass is 9.97. The second-order valence-electron chi connectivity index (χ2n) is 7.54. The summed E-state index contributed by atoms with van der Waals surface area (Å²) in [5.41, 5.74) is 1.70. The van der Waals surface area contributed by atoms with Crippen molar-refractivity contribution in [3.05, 3.63) is 59.7 Å². The SMILES string of the molecule is N#Cc1ccc(NC(=O)c2ccccc2SCC(=O)NC2CCCCCCC2)cc1. The lowest BCUT2D eigenvalue weighted by molar-refractivity contribution is -0.119. The maximum atomic E-state index is 12.7. The van der Waals surface area contributed by atoms with E-state index in [0.717, 1.165) is 17.7 Å². The second kappa shape index (κ2) is 11.4. The molecule has 0 saturated heterocycles. The summed E-state index contributed by atoms with van der Waals surface area (Å²) >= 11 is 1.38. The van der Waals surface area contributed by atoms with Gasteiger partial charge in [0.15, 0.2) is 0 Å². The lowest BCUT2D eigenvalue weighted by Gasteiger charge is -2.21. The Labute approximate surface area is 182 Å². The van der Waals surface area contributed by atoms with Crippen molar-refractivity contribution in [3.63, 3.8) is 0 Å². The van der Waals surface area contributed by atoms with Crippen molar-refractivity contribution in [3.8, 4) is 6.07 Å². The molecule has 0 bridgehead atoms. The fourth-order valence-electron chi connectivity index (χ4n) is 3.62. The molecule has 5 nitrogen and oxygen atoms in total. The number of thioether (sulfide) groups is 1. The molecular formula is C24H27N3O2S. The Kier molecular flexibility index (Phi) is 8.34. The Morgan fingerprint density at radius 2 is 1.63 bits per heavy atom. The predicted octanol–water partition coefficient (Wildman–Crippen LogP) is 5.13. The van der Waals surface area contributed by atoms with Crippen LogP contribution in [0.2, 0.25) is 0 Å². The molecule has 2 aromatic rings. The van der Waals surface area contributed by atoms with E-state index in [1.807, 2.05) is 18.2 Å². The van der Waals surface area contributed by atoms with Gasteiger partial charge in [0.25, 0.3) is 5.91 Å². The van der Waals surface area contributed by atoms with Crippen LogP contribution in [0, 0.1) is 11.3 Å². The first-order valence-electron chi connectivity index (χ1n) is 10.5. The average molecular weight is 422 g/mol. The molecule has 1 fully saturated rings. The van der Waals surface area contributed by atoms with Crippen LogP contribution in [0.1, 0.15) is 60.9 Å². The first-order valence-corrected chi connectivity index (χ1v) is 11.5. The molecule has 3 rings (SSSR count). The number of benzene rings is 2. The Morgan fingerprint density at radius 1 is 0.967 bits per heavy atom. The van der Waals surface area contributed by atoms with E-state index >= 15 is 0 Å². The van der Waals surface area contributed by atoms with Crippen molar-refractivity contribution in [2.45, 2.75) is 55.9 Å². The third kappa shape index (κ3) is 6.64. The zero-order valence-electron chi connectivity index (χ0n) is 17.0. The number of nitriles is 1. The highest BCUT2D eigenvalue weighted by atomic mass is 32.2. The number of anilines is 1. The normalized spacial score (nSPS) is 14.8. The number of carbonyl (C=O) groups is 2. The highest BCUT2D eigenvalue weighted by Crippen LogP contribution is 2.24. The van der Waals surface area contributed by atoms with Crippen molar-refractivity contribution in [2.24, 2.45) is 0 Å². The zero-order valence-corrected chi connectivity index (χ0v) is 17.8. The maximum Gasteiger partial charge on any atom is 0.256 e. The minimum Gasteiger partial charge on any atom is -0.353 e. The molecule has 1 saturated carbocycles. The van der Waals surface area contributed by atoms with Gasteiger partial charge in [0.2, 0.25) is 5.91 Å². The molecule has 2 N–H and O–H groups in total. The van der Waals surface area contributed by atoms with Crippen LogP contribution in [0.3, 0.4) is 0 Å². The van der Waals surface area contributed by atoms with Crippen molar-refractivity contribution in [2.75, 3.05) is 11.1 Å². The van der Waals surface area contributed by atoms with E-state index in [1.165, 1.54) is 43.9 Å². The topological polar surface area (TPSA) is 82.0 Å². The molecule has 0 aromatic heterocycles. The largest absolute Gasteiger partial charge is 0.353 e. The number of nitrogens with zero attached hydrogens (tertiary/aromatic N) is 1. The van der Waals surface area contributed by atoms with Gasteiger partial charge < -0.3 is 10.6 Å². The maximum absolute atomic E-state index is 12.7. The first kappa shape index (κ1) is 21.9. The molecule has 0 atom stereocenters. The summed E-state index contributed by atoms with van der Waals surface area (Å²) in [7, 11) is 0. The van der Waals surface area contributed by atoms with Crippen molar-refractivity contribution in [1.82, 2.24) is 5.32 Å². The molecule has 0 spiro atoms. The average Bonchev–Trinajstić information content (AvgIpc) is 2.75. The highest BCUT2D eigenvalue weighted by molar-refractivity contribution is 8.00. The van der Waals surface area contributed by atoms with Gasteiger partial charge in [0.05, 0.1) is 22.9 Å². The molecule has 6 heteroatoms. The predicted molar refractivity (Wildman–Crippen MR) is 121 cm³/mol. The van der Waals surface area contributed by atoms with Crippen molar-refractivity contribution < 1.29 is 9.59 Å². The van der Waals surface area contributed by atoms with E-state index in [-0.39, 0.29) is 23.6 Å². The molecule has 2 aromatic carbocycles. The van der Waals surface area contributed by atoms with Crippen LogP contribution >= 0.6 is 11.8 Å². The minimum absolute atomic E-state index is 0.0212. The van der Waals surface area contributed by atoms with E-state index in [9.17, 15) is 9.59 Å². The number of nitrogens with one attached hydrogen (secondary N) is 2. The van der Waals surface area contributed by atoms with Gasteiger partial charge in [-0.15, -0.1) is 11.8 Å². The lowest BCUT2D eigenvalue weighted by Crippen LogP contribution is -2.36. The van der Waals surface area contributed by atoms with Gasteiger partial charge in [-0.25, -0.2) is 0 Å². The monoisotopic (exact) mass is 421 g/mol. The quantitative estimate of drug-likeness (QED) is 0.633. The summed E-state index contributed by atoms with van der Waals surface area (Å²) in [6.07, 6.45) is 8.27. The summed E-state index contributed by atoms with van der Waals surface area (Å²) in [5.74, 6) is 0.0774. The van der Waals surface area contributed by atoms with Gasteiger partial charge in [-0.2, -0.15) is 5.26 Å². The van der Waals surface area contributed by atoms with Gasteiger partial charge in [-0.1, -0.05) is 44.2 Å². The van der Waals surface area contributed by atoms with E-state index in [2.05, 4.69) is 16.7 Å². The fraction of sp³-hybridized carbons (Fsp3) is 0.375. The Hall–Kier alpha value is -2.78. The molecule has 1 aliphatic carbocycles. The van der Waals surface area contributed by atoms with E-state index in [4.69, 9.17) is 5.26 Å². The van der Waals surface area contributed by atoms with Crippen LogP contribution in [0.25, 0.3) is 0 Å². The molecule has 156 valence electrons. The number of hydrogen-bond acceptors (Lipinski definition) is 4. The third-order valence-electron chi connectivity index (χ3n) is 5.23. The summed E-state index contributed by atoms with van der Waals surface area (Å²) in [4.78, 5) is 26.0. The Balaban J connectivity index is 1.56. The molecule has 0 heterocycles. The number of amides is 2. The highest BCUT2D eigenvalue weighted by Gasteiger charge is 2.16. The van der Waals surface area contributed by atoms with Crippen LogP contribution in [-0.4, -0.2) is 23.6 Å². The zero-order chi connectivity index (χ0) is 21.2. The third-order valence-corrected chi connectivity index (χ3v) is 6.31. The van der Waals surface area contributed by atoms with Crippen LogP contribution in [0.5, 0.6) is 0 Å². The number of rotatable bonds is 6. The number of hydrogen-bond donors (Lipinski definition) is 2. The minimum atomic E-state index is -0.233. The van der Waals surface area contributed by atoms with Gasteiger partial charge in [-0.3, -0.25) is 9.59 Å². The summed E-state index contributed by atoms with van der Waals surface area (Å²) in [6.45, 7) is 0.